The van der Waals surface area contributed by atoms with Crippen LogP contribution in [0, 0.1) is 0 Å². The summed E-state index contributed by atoms with van der Waals surface area (Å²) in [7, 11) is 0. The van der Waals surface area contributed by atoms with Crippen molar-refractivity contribution in [3.63, 3.8) is 0 Å². The highest BCUT2D eigenvalue weighted by Gasteiger charge is 2.02. The van der Waals surface area contributed by atoms with Crippen LogP contribution in [-0.4, -0.2) is 12.0 Å². The summed E-state index contributed by atoms with van der Waals surface area (Å²) < 4.78 is 1.09. The first-order valence-electron chi connectivity index (χ1n) is 4.63. The Bertz CT molecular complexity index is 335. The lowest BCUT2D eigenvalue weighted by Gasteiger charge is -2.11. The molecule has 0 aliphatic carbocycles. The van der Waals surface area contributed by atoms with Gasteiger partial charge in [0.25, 0.3) is 0 Å². The molecule has 1 aromatic heterocycles. The van der Waals surface area contributed by atoms with Crippen LogP contribution in [0.3, 0.4) is 0 Å². The molecular weight excluding hydrogens is 276 g/mol. The van der Waals surface area contributed by atoms with E-state index >= 15 is 0 Å². The number of thiophene rings is 1. The van der Waals surface area contributed by atoms with Gasteiger partial charge in [-0.1, -0.05) is 0 Å². The lowest BCUT2D eigenvalue weighted by molar-refractivity contribution is 0.702. The van der Waals surface area contributed by atoms with Crippen LogP contribution >= 0.6 is 27.3 Å². The Kier molecular flexibility index (Phi) is 5.07. The first-order valence-corrected chi connectivity index (χ1v) is 6.30. The Morgan fingerprint density at radius 3 is 2.87 bits per heavy atom. The summed E-state index contributed by atoms with van der Waals surface area (Å²) in [5.74, 6) is 5.96. The van der Waals surface area contributed by atoms with Gasteiger partial charge in [0.1, 0.15) is 0 Å². The Balaban J connectivity index is 2.58. The molecule has 1 rings (SSSR count). The highest BCUT2D eigenvalue weighted by molar-refractivity contribution is 9.10. The minimum absolute atomic E-state index is 0.312. The van der Waals surface area contributed by atoms with Crippen molar-refractivity contribution in [2.75, 3.05) is 0 Å². The summed E-state index contributed by atoms with van der Waals surface area (Å²) in [6, 6.07) is 2.33. The first kappa shape index (κ1) is 12.5. The van der Waals surface area contributed by atoms with E-state index in [1.54, 1.807) is 11.3 Å². The average Bonchev–Trinajstić information content (AvgIpc) is 2.58. The molecule has 0 radical (unpaired) electrons. The van der Waals surface area contributed by atoms with Gasteiger partial charge in [0.15, 0.2) is 0 Å². The standard InChI is InChI=1S/C9H15BrN4S/c1-6(2)13-9(14-11)12-5-8-7(10)3-4-15-8/h3-4,6H,5,11H2,1-2H3,(H2,12,13,14). The normalized spacial score (nSPS) is 11.9. The molecule has 1 aromatic rings. The number of nitrogens with two attached hydrogens (primary N) is 1. The van der Waals surface area contributed by atoms with Crippen molar-refractivity contribution in [1.29, 1.82) is 0 Å². The third-order valence-corrected chi connectivity index (χ3v) is 3.55. The lowest BCUT2D eigenvalue weighted by atomic mass is 10.4. The molecule has 6 heteroatoms. The van der Waals surface area contributed by atoms with E-state index in [1.165, 1.54) is 4.88 Å². The van der Waals surface area contributed by atoms with Crippen LogP contribution < -0.4 is 16.6 Å². The van der Waals surface area contributed by atoms with Crippen LogP contribution in [0.15, 0.2) is 20.9 Å². The van der Waals surface area contributed by atoms with E-state index in [0.717, 1.165) is 4.47 Å². The smallest absolute Gasteiger partial charge is 0.206 e. The lowest BCUT2D eigenvalue weighted by Crippen LogP contribution is -2.44. The number of nitrogens with zero attached hydrogens (tertiary/aromatic N) is 1. The number of hydrazine groups is 1. The molecule has 1 heterocycles. The maximum atomic E-state index is 5.35. The van der Waals surface area contributed by atoms with Gasteiger partial charge in [-0.05, 0) is 41.2 Å². The van der Waals surface area contributed by atoms with E-state index in [0.29, 0.717) is 18.5 Å². The Hall–Kier alpha value is -0.590. The van der Waals surface area contributed by atoms with Crippen molar-refractivity contribution in [3.8, 4) is 0 Å². The maximum Gasteiger partial charge on any atom is 0.206 e. The number of hydrogen-bond acceptors (Lipinski definition) is 3. The average molecular weight is 291 g/mol. The van der Waals surface area contributed by atoms with E-state index < -0.39 is 0 Å². The summed E-state index contributed by atoms with van der Waals surface area (Å²) in [6.45, 7) is 4.69. The molecule has 84 valence electrons. The summed E-state index contributed by atoms with van der Waals surface area (Å²) in [5.41, 5.74) is 2.54. The van der Waals surface area contributed by atoms with E-state index in [9.17, 15) is 0 Å². The number of rotatable bonds is 3. The molecule has 0 atom stereocenters. The minimum Gasteiger partial charge on any atom is -0.353 e. The van der Waals surface area contributed by atoms with Crippen LogP contribution in [0.4, 0.5) is 0 Å². The number of nitrogens with one attached hydrogen (secondary N) is 2. The predicted molar refractivity (Wildman–Crippen MR) is 68.8 cm³/mol. The Morgan fingerprint density at radius 2 is 2.40 bits per heavy atom. The van der Waals surface area contributed by atoms with Crippen LogP contribution in [0.5, 0.6) is 0 Å². The van der Waals surface area contributed by atoms with Crippen molar-refractivity contribution >= 4 is 33.2 Å². The van der Waals surface area contributed by atoms with E-state index in [-0.39, 0.29) is 0 Å². The fraction of sp³-hybridized carbons (Fsp3) is 0.444. The third-order valence-electron chi connectivity index (χ3n) is 1.63. The van der Waals surface area contributed by atoms with E-state index in [2.05, 4.69) is 31.7 Å². The number of hydrogen-bond donors (Lipinski definition) is 3. The number of aliphatic imine (C=N–C) groups is 1. The fourth-order valence-electron chi connectivity index (χ4n) is 0.995. The molecule has 0 unspecified atom stereocenters. The van der Waals surface area contributed by atoms with E-state index in [1.807, 2.05) is 25.3 Å². The van der Waals surface area contributed by atoms with Gasteiger partial charge in [-0.3, -0.25) is 5.43 Å². The van der Waals surface area contributed by atoms with Gasteiger partial charge in [0.05, 0.1) is 6.54 Å². The number of halogens is 1. The molecular formula is C9H15BrN4S. The second-order valence-corrected chi connectivity index (χ2v) is 5.15. The van der Waals surface area contributed by atoms with Crippen molar-refractivity contribution < 1.29 is 0 Å². The van der Waals surface area contributed by atoms with Crippen molar-refractivity contribution in [2.45, 2.75) is 26.4 Å². The zero-order chi connectivity index (χ0) is 11.3. The van der Waals surface area contributed by atoms with Crippen LogP contribution in [0.25, 0.3) is 0 Å². The molecule has 0 aliphatic heterocycles. The second-order valence-electron chi connectivity index (χ2n) is 3.30. The minimum atomic E-state index is 0.312. The Labute approximate surface area is 102 Å². The summed E-state index contributed by atoms with van der Waals surface area (Å²) in [6.07, 6.45) is 0. The topological polar surface area (TPSA) is 62.4 Å². The molecule has 0 saturated heterocycles. The summed E-state index contributed by atoms with van der Waals surface area (Å²) >= 11 is 5.13. The Morgan fingerprint density at radius 1 is 1.67 bits per heavy atom. The van der Waals surface area contributed by atoms with Gasteiger partial charge in [-0.15, -0.1) is 11.3 Å². The van der Waals surface area contributed by atoms with Crippen LogP contribution in [-0.2, 0) is 6.54 Å². The van der Waals surface area contributed by atoms with Crippen LogP contribution in [0.1, 0.15) is 18.7 Å². The highest BCUT2D eigenvalue weighted by Crippen LogP contribution is 2.23. The molecule has 0 amide bonds. The zero-order valence-corrected chi connectivity index (χ0v) is 11.2. The van der Waals surface area contributed by atoms with Gasteiger partial charge in [-0.2, -0.15) is 0 Å². The predicted octanol–water partition coefficient (Wildman–Crippen LogP) is 1.83. The molecule has 4 N–H and O–H groups in total. The van der Waals surface area contributed by atoms with Gasteiger partial charge < -0.3 is 5.32 Å². The molecule has 15 heavy (non-hydrogen) atoms. The zero-order valence-electron chi connectivity index (χ0n) is 8.75. The molecule has 0 fully saturated rings. The largest absolute Gasteiger partial charge is 0.353 e. The quantitative estimate of drug-likeness (QED) is 0.344. The highest BCUT2D eigenvalue weighted by atomic mass is 79.9. The summed E-state index contributed by atoms with van der Waals surface area (Å²) in [4.78, 5) is 5.52. The monoisotopic (exact) mass is 290 g/mol. The van der Waals surface area contributed by atoms with Crippen molar-refractivity contribution in [3.05, 3.63) is 20.8 Å². The summed E-state index contributed by atoms with van der Waals surface area (Å²) in [5, 5.41) is 5.14. The van der Waals surface area contributed by atoms with Gasteiger partial charge >= 0.3 is 0 Å². The van der Waals surface area contributed by atoms with Crippen LogP contribution in [0.2, 0.25) is 0 Å². The second kappa shape index (κ2) is 6.09. The van der Waals surface area contributed by atoms with Gasteiger partial charge in [-0.25, -0.2) is 10.8 Å². The molecule has 0 saturated carbocycles. The molecule has 4 nitrogen and oxygen atoms in total. The fourth-order valence-corrected chi connectivity index (χ4v) is 2.40. The maximum absolute atomic E-state index is 5.35. The number of guanidine groups is 1. The molecule has 0 bridgehead atoms. The first-order chi connectivity index (χ1) is 7.13. The van der Waals surface area contributed by atoms with Gasteiger partial charge in [0.2, 0.25) is 5.96 Å². The van der Waals surface area contributed by atoms with Crippen molar-refractivity contribution in [2.24, 2.45) is 10.8 Å². The van der Waals surface area contributed by atoms with Gasteiger partial charge in [0, 0.05) is 15.4 Å². The molecule has 0 spiro atoms. The molecule has 0 aliphatic rings. The molecule has 0 aromatic carbocycles. The van der Waals surface area contributed by atoms with Crippen molar-refractivity contribution in [1.82, 2.24) is 10.7 Å². The third kappa shape index (κ3) is 4.19. The van der Waals surface area contributed by atoms with E-state index in [4.69, 9.17) is 5.84 Å². The SMILES string of the molecule is CC(C)NC(=NCc1sccc1Br)NN.